The first-order valence-electron chi connectivity index (χ1n) is 6.54. The van der Waals surface area contributed by atoms with Crippen LogP contribution in [0, 0.1) is 5.92 Å². The van der Waals surface area contributed by atoms with Crippen molar-refractivity contribution in [3.05, 3.63) is 0 Å². The maximum Gasteiger partial charge on any atom is 0.279 e. The van der Waals surface area contributed by atoms with Crippen molar-refractivity contribution in [3.63, 3.8) is 0 Å². The standard InChI is InChI=1S/C12H28N2O3S/c1-6-7-8-14(5)18(16,17)13-10-12(4,15)9-11(2)3/h11,13,15H,6-10H2,1-5H3. The molecule has 0 aliphatic rings. The van der Waals surface area contributed by atoms with E-state index in [-0.39, 0.29) is 6.54 Å². The molecule has 110 valence electrons. The third-order valence-corrected chi connectivity index (χ3v) is 4.23. The summed E-state index contributed by atoms with van der Waals surface area (Å²) < 4.78 is 27.5. The second-order valence-corrected chi connectivity index (χ2v) is 7.46. The van der Waals surface area contributed by atoms with Crippen LogP contribution >= 0.6 is 0 Å². The average molecular weight is 280 g/mol. The van der Waals surface area contributed by atoms with Crippen molar-refractivity contribution in [2.24, 2.45) is 5.92 Å². The molecule has 18 heavy (non-hydrogen) atoms. The third-order valence-electron chi connectivity index (χ3n) is 2.72. The highest BCUT2D eigenvalue weighted by Crippen LogP contribution is 2.15. The molecule has 0 bridgehead atoms. The minimum atomic E-state index is -3.48. The molecule has 0 aliphatic heterocycles. The lowest BCUT2D eigenvalue weighted by molar-refractivity contribution is 0.0433. The second kappa shape index (κ2) is 7.43. The summed E-state index contributed by atoms with van der Waals surface area (Å²) in [5, 5.41) is 10.1. The van der Waals surface area contributed by atoms with Gasteiger partial charge in [-0.05, 0) is 25.7 Å². The first-order chi connectivity index (χ1) is 8.10. The molecule has 0 amide bonds. The molecule has 5 nitrogen and oxygen atoms in total. The number of rotatable bonds is 9. The largest absolute Gasteiger partial charge is 0.389 e. The van der Waals surface area contributed by atoms with Crippen molar-refractivity contribution in [1.82, 2.24) is 9.03 Å². The minimum absolute atomic E-state index is 0.0456. The van der Waals surface area contributed by atoms with Crippen LogP contribution in [0.2, 0.25) is 0 Å². The first-order valence-corrected chi connectivity index (χ1v) is 7.98. The molecular weight excluding hydrogens is 252 g/mol. The van der Waals surface area contributed by atoms with Crippen LogP contribution in [0.1, 0.15) is 47.0 Å². The lowest BCUT2D eigenvalue weighted by Crippen LogP contribution is -2.46. The Hall–Kier alpha value is -0.170. The van der Waals surface area contributed by atoms with Gasteiger partial charge in [0.2, 0.25) is 0 Å². The van der Waals surface area contributed by atoms with Crippen LogP contribution in [0.3, 0.4) is 0 Å². The maximum atomic E-state index is 11.9. The van der Waals surface area contributed by atoms with Gasteiger partial charge in [-0.15, -0.1) is 0 Å². The first kappa shape index (κ1) is 17.8. The van der Waals surface area contributed by atoms with Gasteiger partial charge in [0.25, 0.3) is 10.2 Å². The van der Waals surface area contributed by atoms with Crippen LogP contribution < -0.4 is 4.72 Å². The summed E-state index contributed by atoms with van der Waals surface area (Å²) in [7, 11) is -1.93. The number of nitrogens with zero attached hydrogens (tertiary/aromatic N) is 1. The highest BCUT2D eigenvalue weighted by Gasteiger charge is 2.25. The molecule has 0 saturated heterocycles. The zero-order chi connectivity index (χ0) is 14.4. The van der Waals surface area contributed by atoms with E-state index in [0.29, 0.717) is 18.9 Å². The zero-order valence-electron chi connectivity index (χ0n) is 12.2. The van der Waals surface area contributed by atoms with Gasteiger partial charge in [-0.25, -0.2) is 0 Å². The molecule has 6 heteroatoms. The van der Waals surface area contributed by atoms with Crippen LogP contribution in [0.15, 0.2) is 0 Å². The monoisotopic (exact) mass is 280 g/mol. The van der Waals surface area contributed by atoms with Gasteiger partial charge in [-0.2, -0.15) is 17.4 Å². The Labute approximate surface area is 112 Å². The average Bonchev–Trinajstić information content (AvgIpc) is 2.21. The fourth-order valence-electron chi connectivity index (χ4n) is 1.81. The van der Waals surface area contributed by atoms with E-state index in [2.05, 4.69) is 4.72 Å². The van der Waals surface area contributed by atoms with Gasteiger partial charge in [0.05, 0.1) is 5.60 Å². The normalized spacial score (nSPS) is 16.2. The Bertz CT molecular complexity index is 326. The van der Waals surface area contributed by atoms with Crippen molar-refractivity contribution >= 4 is 10.2 Å². The quantitative estimate of drug-likeness (QED) is 0.670. The van der Waals surface area contributed by atoms with Gasteiger partial charge < -0.3 is 5.11 Å². The third kappa shape index (κ3) is 7.31. The Kier molecular flexibility index (Phi) is 7.36. The summed E-state index contributed by atoms with van der Waals surface area (Å²) in [4.78, 5) is 0. The molecule has 1 atom stereocenters. The molecule has 0 aliphatic carbocycles. The molecule has 0 aromatic heterocycles. The Morgan fingerprint density at radius 2 is 1.94 bits per heavy atom. The van der Waals surface area contributed by atoms with Crippen molar-refractivity contribution in [1.29, 1.82) is 0 Å². The lowest BCUT2D eigenvalue weighted by Gasteiger charge is -2.27. The summed E-state index contributed by atoms with van der Waals surface area (Å²) in [6.45, 7) is 8.21. The van der Waals surface area contributed by atoms with E-state index in [4.69, 9.17) is 0 Å². The molecule has 1 unspecified atom stereocenters. The van der Waals surface area contributed by atoms with Gasteiger partial charge in [-0.1, -0.05) is 27.2 Å². The summed E-state index contributed by atoms with van der Waals surface area (Å²) in [5.74, 6) is 0.322. The zero-order valence-corrected chi connectivity index (χ0v) is 13.0. The molecule has 0 saturated carbocycles. The van der Waals surface area contributed by atoms with Crippen molar-refractivity contribution in [2.75, 3.05) is 20.1 Å². The smallest absolute Gasteiger partial charge is 0.279 e. The van der Waals surface area contributed by atoms with E-state index in [1.165, 1.54) is 4.31 Å². The Morgan fingerprint density at radius 1 is 1.39 bits per heavy atom. The Morgan fingerprint density at radius 3 is 2.39 bits per heavy atom. The highest BCUT2D eigenvalue weighted by atomic mass is 32.2. The van der Waals surface area contributed by atoms with Crippen LogP contribution in [-0.2, 0) is 10.2 Å². The van der Waals surface area contributed by atoms with Crippen molar-refractivity contribution in [2.45, 2.75) is 52.6 Å². The second-order valence-electron chi connectivity index (χ2n) is 5.60. The molecule has 0 aromatic rings. The predicted octanol–water partition coefficient (Wildman–Crippen LogP) is 1.35. The SMILES string of the molecule is CCCCN(C)S(=O)(=O)NCC(C)(O)CC(C)C. The minimum Gasteiger partial charge on any atom is -0.389 e. The fraction of sp³-hybridized carbons (Fsp3) is 1.00. The molecule has 0 heterocycles. The predicted molar refractivity (Wildman–Crippen MR) is 74.5 cm³/mol. The number of unbranched alkanes of at least 4 members (excludes halogenated alkanes) is 1. The van der Waals surface area contributed by atoms with E-state index >= 15 is 0 Å². The van der Waals surface area contributed by atoms with Crippen LogP contribution in [0.4, 0.5) is 0 Å². The van der Waals surface area contributed by atoms with Gasteiger partial charge in [-0.3, -0.25) is 0 Å². The van der Waals surface area contributed by atoms with Crippen molar-refractivity contribution in [3.8, 4) is 0 Å². The number of aliphatic hydroxyl groups is 1. The van der Waals surface area contributed by atoms with Crippen molar-refractivity contribution < 1.29 is 13.5 Å². The molecule has 0 aromatic carbocycles. The topological polar surface area (TPSA) is 69.6 Å². The summed E-state index contributed by atoms with van der Waals surface area (Å²) in [6, 6.07) is 0. The van der Waals surface area contributed by atoms with E-state index in [0.717, 1.165) is 12.8 Å². The van der Waals surface area contributed by atoms with E-state index in [1.54, 1.807) is 14.0 Å². The fourth-order valence-corrected chi connectivity index (χ4v) is 2.89. The molecule has 0 spiro atoms. The number of hydrogen-bond acceptors (Lipinski definition) is 3. The van der Waals surface area contributed by atoms with Gasteiger partial charge in [0, 0.05) is 20.1 Å². The molecule has 0 radical (unpaired) electrons. The van der Waals surface area contributed by atoms with E-state index in [1.807, 2.05) is 20.8 Å². The van der Waals surface area contributed by atoms with Crippen LogP contribution in [0.5, 0.6) is 0 Å². The molecule has 0 fully saturated rings. The summed E-state index contributed by atoms with van der Waals surface area (Å²) in [5.41, 5.74) is -1.01. The summed E-state index contributed by atoms with van der Waals surface area (Å²) >= 11 is 0. The maximum absolute atomic E-state index is 11.9. The highest BCUT2D eigenvalue weighted by molar-refractivity contribution is 7.87. The molecule has 0 rings (SSSR count). The Balaban J connectivity index is 4.33. The summed E-state index contributed by atoms with van der Waals surface area (Å²) in [6.07, 6.45) is 2.35. The van der Waals surface area contributed by atoms with E-state index in [9.17, 15) is 13.5 Å². The van der Waals surface area contributed by atoms with Gasteiger partial charge >= 0.3 is 0 Å². The molecule has 2 N–H and O–H groups in total. The van der Waals surface area contributed by atoms with Crippen LogP contribution in [-0.4, -0.2) is 43.6 Å². The van der Waals surface area contributed by atoms with Gasteiger partial charge in [0.15, 0.2) is 0 Å². The van der Waals surface area contributed by atoms with Crippen LogP contribution in [0.25, 0.3) is 0 Å². The van der Waals surface area contributed by atoms with E-state index < -0.39 is 15.8 Å². The number of nitrogens with one attached hydrogen (secondary N) is 1. The number of hydrogen-bond donors (Lipinski definition) is 2. The molecular formula is C12H28N2O3S. The van der Waals surface area contributed by atoms with Gasteiger partial charge in [0.1, 0.15) is 0 Å². The lowest BCUT2D eigenvalue weighted by atomic mass is 9.95.